The predicted molar refractivity (Wildman–Crippen MR) is 115 cm³/mol. The smallest absolute Gasteiger partial charge is 0.274 e. The number of nitrogens with zero attached hydrogens (tertiary/aromatic N) is 1. The van der Waals surface area contributed by atoms with Gasteiger partial charge >= 0.3 is 0 Å². The summed E-state index contributed by atoms with van der Waals surface area (Å²) < 4.78 is 0. The van der Waals surface area contributed by atoms with Gasteiger partial charge in [-0.2, -0.15) is 0 Å². The molecule has 148 valence electrons. The molecule has 0 radical (unpaired) electrons. The minimum Gasteiger partial charge on any atom is -0.352 e. The van der Waals surface area contributed by atoms with Crippen LogP contribution in [0.15, 0.2) is 66.9 Å². The highest BCUT2D eigenvalue weighted by Gasteiger charge is 2.14. The first-order valence-corrected chi connectivity index (χ1v) is 9.76. The molecule has 0 saturated heterocycles. The van der Waals surface area contributed by atoms with Gasteiger partial charge in [-0.25, -0.2) is 0 Å². The Bertz CT molecular complexity index is 1000. The Morgan fingerprint density at radius 1 is 0.966 bits per heavy atom. The second-order valence-electron chi connectivity index (χ2n) is 6.84. The van der Waals surface area contributed by atoms with Gasteiger partial charge in [0.2, 0.25) is 0 Å². The van der Waals surface area contributed by atoms with Gasteiger partial charge in [0, 0.05) is 24.0 Å². The minimum absolute atomic E-state index is 0.214. The zero-order valence-electron chi connectivity index (χ0n) is 16.7. The number of carbonyl (C=O) groups excluding carboxylic acids is 2. The van der Waals surface area contributed by atoms with Crippen molar-refractivity contribution in [1.29, 1.82) is 0 Å². The zero-order valence-corrected chi connectivity index (χ0v) is 16.7. The number of nitrogens with one attached hydrogen (secondary N) is 2. The van der Waals surface area contributed by atoms with Gasteiger partial charge in [-0.05, 0) is 48.6 Å². The van der Waals surface area contributed by atoms with E-state index in [0.717, 1.165) is 35.2 Å². The second kappa shape index (κ2) is 9.64. The lowest BCUT2D eigenvalue weighted by Crippen LogP contribution is -2.26. The highest BCUT2D eigenvalue weighted by atomic mass is 16.2. The van der Waals surface area contributed by atoms with Gasteiger partial charge in [0.25, 0.3) is 11.8 Å². The molecule has 1 aromatic heterocycles. The molecule has 2 amide bonds. The van der Waals surface area contributed by atoms with Crippen LogP contribution >= 0.6 is 0 Å². The standard InChI is InChI=1S/C24H25N3O2/c1-3-19-11-7-8-17(2)22(19)27-24(29)21-16-20(13-15-25-21)23(28)26-14-12-18-9-5-4-6-10-18/h4-11,13,15-16H,3,12,14H2,1-2H3,(H,26,28)(H,27,29). The fraction of sp³-hybridized carbons (Fsp3) is 0.208. The molecule has 1 heterocycles. The van der Waals surface area contributed by atoms with Gasteiger partial charge in [-0.3, -0.25) is 14.6 Å². The average molecular weight is 387 g/mol. The van der Waals surface area contributed by atoms with Crippen molar-refractivity contribution >= 4 is 17.5 Å². The number of hydrogen-bond acceptors (Lipinski definition) is 3. The number of aromatic nitrogens is 1. The third-order valence-electron chi connectivity index (χ3n) is 4.78. The fourth-order valence-corrected chi connectivity index (χ4v) is 3.14. The van der Waals surface area contributed by atoms with Crippen LogP contribution in [0.5, 0.6) is 0 Å². The first-order chi connectivity index (χ1) is 14.1. The van der Waals surface area contributed by atoms with Crippen LogP contribution in [0.25, 0.3) is 0 Å². The Labute approximate surface area is 171 Å². The van der Waals surface area contributed by atoms with Crippen LogP contribution in [0.3, 0.4) is 0 Å². The molecule has 0 fully saturated rings. The lowest BCUT2D eigenvalue weighted by molar-refractivity contribution is 0.0954. The highest BCUT2D eigenvalue weighted by molar-refractivity contribution is 6.05. The lowest BCUT2D eigenvalue weighted by Gasteiger charge is -2.13. The van der Waals surface area contributed by atoms with Crippen LogP contribution in [-0.4, -0.2) is 23.3 Å². The molecular weight excluding hydrogens is 362 g/mol. The molecule has 0 aliphatic heterocycles. The van der Waals surface area contributed by atoms with E-state index in [-0.39, 0.29) is 17.5 Å². The van der Waals surface area contributed by atoms with Crippen LogP contribution in [-0.2, 0) is 12.8 Å². The summed E-state index contributed by atoms with van der Waals surface area (Å²) in [6.07, 6.45) is 3.05. The van der Waals surface area contributed by atoms with Gasteiger partial charge in [-0.1, -0.05) is 55.5 Å². The van der Waals surface area contributed by atoms with E-state index in [1.165, 1.54) is 12.3 Å². The summed E-state index contributed by atoms with van der Waals surface area (Å²) >= 11 is 0. The largest absolute Gasteiger partial charge is 0.352 e. The monoisotopic (exact) mass is 387 g/mol. The van der Waals surface area contributed by atoms with Crippen LogP contribution in [0.4, 0.5) is 5.69 Å². The van der Waals surface area contributed by atoms with Crippen molar-refractivity contribution in [2.24, 2.45) is 0 Å². The average Bonchev–Trinajstić information content (AvgIpc) is 2.75. The van der Waals surface area contributed by atoms with Crippen LogP contribution in [0, 0.1) is 6.92 Å². The molecular formula is C24H25N3O2. The predicted octanol–water partition coefficient (Wildman–Crippen LogP) is 4.18. The summed E-state index contributed by atoms with van der Waals surface area (Å²) in [6, 6.07) is 19.0. The molecule has 5 nitrogen and oxygen atoms in total. The van der Waals surface area contributed by atoms with E-state index < -0.39 is 0 Å². The number of anilines is 1. The van der Waals surface area contributed by atoms with Gasteiger partial charge in [0.1, 0.15) is 5.69 Å². The van der Waals surface area contributed by atoms with E-state index in [1.807, 2.05) is 62.4 Å². The summed E-state index contributed by atoms with van der Waals surface area (Å²) in [5, 5.41) is 5.84. The topological polar surface area (TPSA) is 71.1 Å². The Morgan fingerprint density at radius 2 is 1.76 bits per heavy atom. The Kier molecular flexibility index (Phi) is 6.74. The summed E-state index contributed by atoms with van der Waals surface area (Å²) in [5.41, 5.74) is 4.65. The summed E-state index contributed by atoms with van der Waals surface area (Å²) in [5.74, 6) is -0.546. The fourth-order valence-electron chi connectivity index (χ4n) is 3.14. The molecule has 2 aromatic carbocycles. The van der Waals surface area contributed by atoms with E-state index in [0.29, 0.717) is 12.1 Å². The molecule has 0 aliphatic carbocycles. The molecule has 2 N–H and O–H groups in total. The Hall–Kier alpha value is -3.47. The molecule has 3 rings (SSSR count). The molecule has 0 unspecified atom stereocenters. The molecule has 0 bridgehead atoms. The van der Waals surface area contributed by atoms with Crippen molar-refractivity contribution in [1.82, 2.24) is 10.3 Å². The number of carbonyl (C=O) groups is 2. The first kappa shape index (κ1) is 20.3. The maximum Gasteiger partial charge on any atom is 0.274 e. The van der Waals surface area contributed by atoms with E-state index in [9.17, 15) is 9.59 Å². The van der Waals surface area contributed by atoms with Crippen molar-refractivity contribution in [3.8, 4) is 0 Å². The van der Waals surface area contributed by atoms with Crippen LogP contribution in [0.2, 0.25) is 0 Å². The minimum atomic E-state index is -0.326. The number of pyridine rings is 1. The second-order valence-corrected chi connectivity index (χ2v) is 6.84. The zero-order chi connectivity index (χ0) is 20.6. The van der Waals surface area contributed by atoms with Gasteiger partial charge in [0.05, 0.1) is 0 Å². The quantitative estimate of drug-likeness (QED) is 0.639. The van der Waals surface area contributed by atoms with Crippen LogP contribution in [0.1, 0.15) is 44.5 Å². The summed E-state index contributed by atoms with van der Waals surface area (Å²) in [7, 11) is 0. The van der Waals surface area contributed by atoms with E-state index >= 15 is 0 Å². The van der Waals surface area contributed by atoms with Crippen molar-refractivity contribution in [3.05, 3.63) is 94.8 Å². The SMILES string of the molecule is CCc1cccc(C)c1NC(=O)c1cc(C(=O)NCCc2ccccc2)ccn1. The molecule has 0 aliphatic rings. The number of amides is 2. The van der Waals surface area contributed by atoms with E-state index in [1.54, 1.807) is 6.07 Å². The maximum atomic E-state index is 12.7. The van der Waals surface area contributed by atoms with Crippen molar-refractivity contribution in [3.63, 3.8) is 0 Å². The van der Waals surface area contributed by atoms with Crippen LogP contribution < -0.4 is 10.6 Å². The van der Waals surface area contributed by atoms with Crippen molar-refractivity contribution in [2.45, 2.75) is 26.7 Å². The molecule has 0 saturated carbocycles. The van der Waals surface area contributed by atoms with Gasteiger partial charge in [0.15, 0.2) is 0 Å². The third-order valence-corrected chi connectivity index (χ3v) is 4.78. The number of para-hydroxylation sites is 1. The first-order valence-electron chi connectivity index (χ1n) is 9.76. The highest BCUT2D eigenvalue weighted by Crippen LogP contribution is 2.21. The summed E-state index contributed by atoms with van der Waals surface area (Å²) in [4.78, 5) is 29.3. The molecule has 0 spiro atoms. The maximum absolute atomic E-state index is 12.7. The van der Waals surface area contributed by atoms with Crippen molar-refractivity contribution < 1.29 is 9.59 Å². The normalized spacial score (nSPS) is 10.4. The molecule has 3 aromatic rings. The number of benzene rings is 2. The molecule has 5 heteroatoms. The lowest BCUT2D eigenvalue weighted by atomic mass is 10.1. The van der Waals surface area contributed by atoms with Gasteiger partial charge in [-0.15, -0.1) is 0 Å². The third kappa shape index (κ3) is 5.29. The van der Waals surface area contributed by atoms with E-state index in [4.69, 9.17) is 0 Å². The number of rotatable bonds is 7. The molecule has 29 heavy (non-hydrogen) atoms. The molecule has 0 atom stereocenters. The van der Waals surface area contributed by atoms with Crippen molar-refractivity contribution in [2.75, 3.05) is 11.9 Å². The van der Waals surface area contributed by atoms with Gasteiger partial charge < -0.3 is 10.6 Å². The van der Waals surface area contributed by atoms with E-state index in [2.05, 4.69) is 15.6 Å². The Balaban J connectivity index is 1.65. The number of aryl methyl sites for hydroxylation is 2. The Morgan fingerprint density at radius 3 is 2.52 bits per heavy atom. The summed E-state index contributed by atoms with van der Waals surface area (Å²) in [6.45, 7) is 4.53. The number of hydrogen-bond donors (Lipinski definition) is 2.